The number of hydrogen-bond acceptors (Lipinski definition) is 3. The Balaban J connectivity index is 1.71. The van der Waals surface area contributed by atoms with Crippen LogP contribution in [0.15, 0.2) is 29.2 Å². The summed E-state index contributed by atoms with van der Waals surface area (Å²) in [5, 5.41) is 13.5. The van der Waals surface area contributed by atoms with Gasteiger partial charge in [0.25, 0.3) is 0 Å². The first-order chi connectivity index (χ1) is 9.66. The molecule has 1 aromatic rings. The molecule has 3 nitrogen and oxygen atoms in total. The monoisotopic (exact) mass is 313 g/mol. The highest BCUT2D eigenvalue weighted by molar-refractivity contribution is 7.99. The van der Waals surface area contributed by atoms with E-state index in [9.17, 15) is 9.90 Å². The van der Waals surface area contributed by atoms with Gasteiger partial charge in [0.2, 0.25) is 5.91 Å². The van der Waals surface area contributed by atoms with Gasteiger partial charge in [-0.25, -0.2) is 0 Å². The first kappa shape index (κ1) is 15.7. The molecule has 1 aliphatic carbocycles. The molecular formula is C15H20ClNO2S. The van der Waals surface area contributed by atoms with E-state index >= 15 is 0 Å². The average Bonchev–Trinajstić information content (AvgIpc) is 2.43. The predicted octanol–water partition coefficient (Wildman–Crippen LogP) is 3.24. The lowest BCUT2D eigenvalue weighted by Crippen LogP contribution is -2.45. The van der Waals surface area contributed by atoms with E-state index in [1.54, 1.807) is 11.8 Å². The van der Waals surface area contributed by atoms with Gasteiger partial charge in [0.1, 0.15) is 0 Å². The van der Waals surface area contributed by atoms with Crippen LogP contribution >= 0.6 is 23.4 Å². The van der Waals surface area contributed by atoms with Crippen LogP contribution in [0.4, 0.5) is 0 Å². The highest BCUT2D eigenvalue weighted by atomic mass is 35.5. The van der Waals surface area contributed by atoms with Crippen LogP contribution in [-0.2, 0) is 4.79 Å². The van der Waals surface area contributed by atoms with Crippen LogP contribution < -0.4 is 5.32 Å². The lowest BCUT2D eigenvalue weighted by atomic mass is 9.92. The van der Waals surface area contributed by atoms with Crippen molar-refractivity contribution in [3.05, 3.63) is 29.3 Å². The molecule has 2 unspecified atom stereocenters. The van der Waals surface area contributed by atoms with Crippen LogP contribution in [-0.4, -0.2) is 28.9 Å². The van der Waals surface area contributed by atoms with E-state index in [0.717, 1.165) is 35.6 Å². The summed E-state index contributed by atoms with van der Waals surface area (Å²) in [6.45, 7) is 0. The molecule has 2 atom stereocenters. The molecule has 2 rings (SSSR count). The van der Waals surface area contributed by atoms with Gasteiger partial charge in [-0.15, -0.1) is 11.8 Å². The van der Waals surface area contributed by atoms with E-state index in [-0.39, 0.29) is 18.1 Å². The third kappa shape index (κ3) is 4.69. The van der Waals surface area contributed by atoms with Crippen molar-refractivity contribution in [2.75, 3.05) is 5.75 Å². The number of carbonyl (C=O) groups excluding carboxylic acids is 1. The summed E-state index contributed by atoms with van der Waals surface area (Å²) in [6, 6.07) is 7.57. The third-order valence-corrected chi connectivity index (χ3v) is 5.02. The molecule has 0 aliphatic heterocycles. The molecule has 1 aliphatic rings. The van der Waals surface area contributed by atoms with Gasteiger partial charge in [-0.3, -0.25) is 4.79 Å². The first-order valence-corrected chi connectivity index (χ1v) is 8.38. The molecule has 110 valence electrons. The average molecular weight is 314 g/mol. The predicted molar refractivity (Wildman–Crippen MR) is 83.2 cm³/mol. The minimum Gasteiger partial charge on any atom is -0.391 e. The second-order valence-electron chi connectivity index (χ2n) is 5.05. The highest BCUT2D eigenvalue weighted by Crippen LogP contribution is 2.27. The summed E-state index contributed by atoms with van der Waals surface area (Å²) < 4.78 is 0. The third-order valence-electron chi connectivity index (χ3n) is 3.50. The molecule has 0 bridgehead atoms. The zero-order chi connectivity index (χ0) is 14.4. The van der Waals surface area contributed by atoms with E-state index in [0.29, 0.717) is 12.2 Å². The van der Waals surface area contributed by atoms with Gasteiger partial charge in [-0.1, -0.05) is 36.6 Å². The highest BCUT2D eigenvalue weighted by Gasteiger charge is 2.24. The Kier molecular flexibility index (Phi) is 6.20. The smallest absolute Gasteiger partial charge is 0.221 e. The molecule has 1 aromatic carbocycles. The molecule has 0 aromatic heterocycles. The van der Waals surface area contributed by atoms with E-state index in [4.69, 9.17) is 11.6 Å². The lowest BCUT2D eigenvalue weighted by Gasteiger charge is -2.28. The Hall–Kier alpha value is -0.710. The Morgan fingerprint density at radius 3 is 2.85 bits per heavy atom. The normalized spacial score (nSPS) is 22.5. The van der Waals surface area contributed by atoms with Crippen molar-refractivity contribution in [3.63, 3.8) is 0 Å². The van der Waals surface area contributed by atoms with Gasteiger partial charge in [-0.2, -0.15) is 0 Å². The molecule has 1 fully saturated rings. The van der Waals surface area contributed by atoms with Gasteiger partial charge in [0.05, 0.1) is 17.2 Å². The number of rotatable bonds is 5. The van der Waals surface area contributed by atoms with Gasteiger partial charge >= 0.3 is 0 Å². The van der Waals surface area contributed by atoms with E-state index in [1.807, 2.05) is 24.3 Å². The first-order valence-electron chi connectivity index (χ1n) is 7.01. The SMILES string of the molecule is O=C(CCSc1ccccc1Cl)NC1CCCCC1O. The Labute approximate surface area is 129 Å². The van der Waals surface area contributed by atoms with Crippen molar-refractivity contribution in [3.8, 4) is 0 Å². The molecule has 0 saturated heterocycles. The zero-order valence-electron chi connectivity index (χ0n) is 11.3. The number of carbonyl (C=O) groups is 1. The number of amides is 1. The maximum atomic E-state index is 11.9. The minimum absolute atomic E-state index is 0.00973. The van der Waals surface area contributed by atoms with Crippen molar-refractivity contribution in [1.82, 2.24) is 5.32 Å². The van der Waals surface area contributed by atoms with E-state index in [1.165, 1.54) is 0 Å². The maximum Gasteiger partial charge on any atom is 0.221 e. The lowest BCUT2D eigenvalue weighted by molar-refractivity contribution is -0.122. The second kappa shape index (κ2) is 7.91. The summed E-state index contributed by atoms with van der Waals surface area (Å²) in [7, 11) is 0. The van der Waals surface area contributed by atoms with E-state index < -0.39 is 0 Å². The zero-order valence-corrected chi connectivity index (χ0v) is 12.9. The summed E-state index contributed by atoms with van der Waals surface area (Å²) in [5.74, 6) is 0.703. The van der Waals surface area contributed by atoms with Gasteiger partial charge in [-0.05, 0) is 25.0 Å². The number of nitrogens with one attached hydrogen (secondary N) is 1. The molecular weight excluding hydrogens is 294 g/mol. The van der Waals surface area contributed by atoms with Crippen molar-refractivity contribution in [2.24, 2.45) is 0 Å². The molecule has 0 radical (unpaired) electrons. The van der Waals surface area contributed by atoms with Crippen molar-refractivity contribution in [2.45, 2.75) is 49.1 Å². The van der Waals surface area contributed by atoms with Crippen molar-refractivity contribution < 1.29 is 9.90 Å². The van der Waals surface area contributed by atoms with Gasteiger partial charge in [0, 0.05) is 17.1 Å². The number of aliphatic hydroxyl groups excluding tert-OH is 1. The van der Waals surface area contributed by atoms with E-state index in [2.05, 4.69) is 5.32 Å². The fourth-order valence-corrected chi connectivity index (χ4v) is 3.56. The number of halogens is 1. The Morgan fingerprint density at radius 2 is 2.10 bits per heavy atom. The maximum absolute atomic E-state index is 11.9. The summed E-state index contributed by atoms with van der Waals surface area (Å²) in [6.07, 6.45) is 3.86. The summed E-state index contributed by atoms with van der Waals surface area (Å²) in [5.41, 5.74) is 0. The summed E-state index contributed by atoms with van der Waals surface area (Å²) in [4.78, 5) is 12.9. The van der Waals surface area contributed by atoms with Gasteiger partial charge in [0.15, 0.2) is 0 Å². The number of hydrogen-bond donors (Lipinski definition) is 2. The minimum atomic E-state index is -0.385. The Bertz CT molecular complexity index is 455. The van der Waals surface area contributed by atoms with Crippen LogP contribution in [0.3, 0.4) is 0 Å². The molecule has 0 spiro atoms. The molecule has 2 N–H and O–H groups in total. The molecule has 5 heteroatoms. The van der Waals surface area contributed by atoms with Crippen LogP contribution in [0.25, 0.3) is 0 Å². The molecule has 20 heavy (non-hydrogen) atoms. The largest absolute Gasteiger partial charge is 0.391 e. The fourth-order valence-electron chi connectivity index (χ4n) is 2.37. The summed E-state index contributed by atoms with van der Waals surface area (Å²) >= 11 is 7.64. The van der Waals surface area contributed by atoms with Crippen LogP contribution in [0.1, 0.15) is 32.1 Å². The number of aliphatic hydroxyl groups is 1. The second-order valence-corrected chi connectivity index (χ2v) is 6.60. The van der Waals surface area contributed by atoms with Gasteiger partial charge < -0.3 is 10.4 Å². The fraction of sp³-hybridized carbons (Fsp3) is 0.533. The van der Waals surface area contributed by atoms with Crippen LogP contribution in [0.2, 0.25) is 5.02 Å². The number of thioether (sulfide) groups is 1. The molecule has 1 amide bonds. The van der Waals surface area contributed by atoms with Crippen LogP contribution in [0, 0.1) is 0 Å². The standard InChI is InChI=1S/C15H20ClNO2S/c16-11-5-1-4-8-14(11)20-10-9-15(19)17-12-6-2-3-7-13(12)18/h1,4-5,8,12-13,18H,2-3,6-7,9-10H2,(H,17,19). The number of benzene rings is 1. The topological polar surface area (TPSA) is 49.3 Å². The molecule has 0 heterocycles. The molecule has 1 saturated carbocycles. The van der Waals surface area contributed by atoms with Crippen molar-refractivity contribution >= 4 is 29.3 Å². The Morgan fingerprint density at radius 1 is 1.35 bits per heavy atom. The van der Waals surface area contributed by atoms with Crippen molar-refractivity contribution in [1.29, 1.82) is 0 Å². The quantitative estimate of drug-likeness (QED) is 0.820. The van der Waals surface area contributed by atoms with Crippen LogP contribution in [0.5, 0.6) is 0 Å².